The van der Waals surface area contributed by atoms with Crippen LogP contribution < -0.4 is 10.2 Å². The van der Waals surface area contributed by atoms with Crippen LogP contribution in [0.5, 0.6) is 0 Å². The highest BCUT2D eigenvalue weighted by Gasteiger charge is 2.28. The summed E-state index contributed by atoms with van der Waals surface area (Å²) in [6, 6.07) is -0.0143. The van der Waals surface area contributed by atoms with Crippen molar-refractivity contribution >= 4 is 12.0 Å². The Bertz CT molecular complexity index is 432. The first-order valence-electron chi connectivity index (χ1n) is 6.65. The zero-order valence-corrected chi connectivity index (χ0v) is 11.7. The quantitative estimate of drug-likeness (QED) is 0.886. The number of anilines is 1. The van der Waals surface area contributed by atoms with Gasteiger partial charge in [0.25, 0.3) is 5.95 Å². The highest BCUT2D eigenvalue weighted by molar-refractivity contribution is 5.74. The summed E-state index contributed by atoms with van der Waals surface area (Å²) in [6.07, 6.45) is 1.94. The molecular formula is C12H21N5O2. The molecule has 0 aliphatic carbocycles. The van der Waals surface area contributed by atoms with Gasteiger partial charge in [-0.3, -0.25) is 0 Å². The number of urea groups is 1. The average molecular weight is 267 g/mol. The van der Waals surface area contributed by atoms with E-state index in [1.165, 1.54) is 0 Å². The lowest BCUT2D eigenvalue weighted by Gasteiger charge is -2.30. The van der Waals surface area contributed by atoms with Crippen molar-refractivity contribution in [2.24, 2.45) is 0 Å². The Hall–Kier alpha value is -1.79. The number of amides is 2. The third-order valence-electron chi connectivity index (χ3n) is 3.22. The molecule has 19 heavy (non-hydrogen) atoms. The van der Waals surface area contributed by atoms with E-state index >= 15 is 0 Å². The molecule has 7 heteroatoms. The van der Waals surface area contributed by atoms with Crippen molar-refractivity contribution in [3.05, 3.63) is 5.89 Å². The van der Waals surface area contributed by atoms with E-state index in [-0.39, 0.29) is 11.9 Å². The molecule has 1 aromatic rings. The van der Waals surface area contributed by atoms with E-state index in [1.54, 1.807) is 4.90 Å². The first kappa shape index (κ1) is 13.6. The maximum atomic E-state index is 11.8. The minimum Gasteiger partial charge on any atom is -0.344 e. The van der Waals surface area contributed by atoms with Crippen LogP contribution in [0.4, 0.5) is 10.7 Å². The summed E-state index contributed by atoms with van der Waals surface area (Å²) in [7, 11) is 3.74. The molecule has 0 saturated carbocycles. The fourth-order valence-electron chi connectivity index (χ4n) is 2.20. The van der Waals surface area contributed by atoms with E-state index in [2.05, 4.69) is 15.5 Å². The van der Waals surface area contributed by atoms with Gasteiger partial charge in [-0.1, -0.05) is 0 Å². The standard InChI is InChI=1S/C12H21N5O2/c1-4-13-12(18)17-7-5-6-9(8-17)10-14-11(15-19-10)16(2)3/h9H,4-8H2,1-3H3,(H,13,18). The number of hydrogen-bond donors (Lipinski definition) is 1. The number of aromatic nitrogens is 2. The fourth-order valence-corrected chi connectivity index (χ4v) is 2.20. The number of piperidine rings is 1. The van der Waals surface area contributed by atoms with Crippen LogP contribution in [0.2, 0.25) is 0 Å². The van der Waals surface area contributed by atoms with Gasteiger partial charge in [0, 0.05) is 33.7 Å². The van der Waals surface area contributed by atoms with E-state index in [1.807, 2.05) is 25.9 Å². The van der Waals surface area contributed by atoms with Gasteiger partial charge < -0.3 is 19.6 Å². The molecule has 1 unspecified atom stereocenters. The minimum atomic E-state index is -0.0143. The highest BCUT2D eigenvalue weighted by atomic mass is 16.5. The lowest BCUT2D eigenvalue weighted by molar-refractivity contribution is 0.172. The van der Waals surface area contributed by atoms with Gasteiger partial charge in [0.1, 0.15) is 0 Å². The Morgan fingerprint density at radius 2 is 2.37 bits per heavy atom. The number of hydrogen-bond acceptors (Lipinski definition) is 5. The zero-order chi connectivity index (χ0) is 13.8. The number of nitrogens with one attached hydrogen (secondary N) is 1. The second kappa shape index (κ2) is 5.90. The topological polar surface area (TPSA) is 74.5 Å². The molecule has 0 radical (unpaired) electrons. The first-order valence-corrected chi connectivity index (χ1v) is 6.65. The zero-order valence-electron chi connectivity index (χ0n) is 11.7. The summed E-state index contributed by atoms with van der Waals surface area (Å²) >= 11 is 0. The summed E-state index contributed by atoms with van der Waals surface area (Å²) in [5.74, 6) is 1.33. The molecule has 106 valence electrons. The van der Waals surface area contributed by atoms with Crippen LogP contribution in [0.15, 0.2) is 4.52 Å². The molecule has 7 nitrogen and oxygen atoms in total. The molecule has 2 rings (SSSR count). The Morgan fingerprint density at radius 1 is 1.58 bits per heavy atom. The highest BCUT2D eigenvalue weighted by Crippen LogP contribution is 2.26. The largest absolute Gasteiger partial charge is 0.344 e. The average Bonchev–Trinajstić information content (AvgIpc) is 2.89. The Labute approximate surface area is 112 Å². The van der Waals surface area contributed by atoms with Crippen LogP contribution in [0.3, 0.4) is 0 Å². The maximum absolute atomic E-state index is 11.8. The predicted molar refractivity (Wildman–Crippen MR) is 71.2 cm³/mol. The van der Waals surface area contributed by atoms with E-state index in [0.29, 0.717) is 24.9 Å². The van der Waals surface area contributed by atoms with Gasteiger partial charge in [0.05, 0.1) is 5.92 Å². The molecule has 2 amide bonds. The van der Waals surface area contributed by atoms with Gasteiger partial charge in [-0.25, -0.2) is 4.79 Å². The van der Waals surface area contributed by atoms with Crippen molar-refractivity contribution in [1.29, 1.82) is 0 Å². The van der Waals surface area contributed by atoms with Crippen LogP contribution in [-0.2, 0) is 0 Å². The van der Waals surface area contributed by atoms with Crippen molar-refractivity contribution in [2.45, 2.75) is 25.7 Å². The minimum absolute atomic E-state index is 0.0143. The number of likely N-dealkylation sites (tertiary alicyclic amines) is 1. The second-order valence-corrected chi connectivity index (χ2v) is 4.95. The van der Waals surface area contributed by atoms with E-state index in [4.69, 9.17) is 4.52 Å². The van der Waals surface area contributed by atoms with Crippen molar-refractivity contribution < 1.29 is 9.32 Å². The number of carbonyl (C=O) groups excluding carboxylic acids is 1. The van der Waals surface area contributed by atoms with Gasteiger partial charge in [-0.2, -0.15) is 4.98 Å². The Morgan fingerprint density at radius 3 is 3.00 bits per heavy atom. The maximum Gasteiger partial charge on any atom is 0.317 e. The third kappa shape index (κ3) is 3.15. The summed E-state index contributed by atoms with van der Waals surface area (Å²) in [6.45, 7) is 3.99. The molecule has 1 saturated heterocycles. The predicted octanol–water partition coefficient (Wildman–Crippen LogP) is 1.04. The lowest BCUT2D eigenvalue weighted by atomic mass is 9.98. The van der Waals surface area contributed by atoms with Crippen LogP contribution in [-0.4, -0.2) is 54.8 Å². The van der Waals surface area contributed by atoms with Crippen molar-refractivity contribution in [3.63, 3.8) is 0 Å². The van der Waals surface area contributed by atoms with E-state index in [0.717, 1.165) is 19.4 Å². The molecule has 2 heterocycles. The Balaban J connectivity index is 2.02. The summed E-state index contributed by atoms with van der Waals surface area (Å²) in [5, 5.41) is 6.74. The molecule has 1 fully saturated rings. The molecule has 1 N–H and O–H groups in total. The smallest absolute Gasteiger partial charge is 0.317 e. The van der Waals surface area contributed by atoms with Crippen LogP contribution >= 0.6 is 0 Å². The normalized spacial score (nSPS) is 19.3. The Kier molecular flexibility index (Phi) is 4.24. The van der Waals surface area contributed by atoms with Gasteiger partial charge in [0.15, 0.2) is 0 Å². The van der Waals surface area contributed by atoms with E-state index in [9.17, 15) is 4.79 Å². The second-order valence-electron chi connectivity index (χ2n) is 4.95. The third-order valence-corrected chi connectivity index (χ3v) is 3.22. The molecule has 1 atom stereocenters. The SMILES string of the molecule is CCNC(=O)N1CCCC(c2nc(N(C)C)no2)C1. The lowest BCUT2D eigenvalue weighted by Crippen LogP contribution is -2.44. The summed E-state index contributed by atoms with van der Waals surface area (Å²) in [5.41, 5.74) is 0. The molecule has 0 aromatic carbocycles. The van der Waals surface area contributed by atoms with Crippen molar-refractivity contribution in [2.75, 3.05) is 38.6 Å². The number of carbonyl (C=O) groups is 1. The molecule has 1 aliphatic heterocycles. The van der Waals surface area contributed by atoms with Crippen LogP contribution in [0.25, 0.3) is 0 Å². The van der Waals surface area contributed by atoms with Gasteiger partial charge in [-0.05, 0) is 24.9 Å². The van der Waals surface area contributed by atoms with Gasteiger partial charge in [0.2, 0.25) is 5.89 Å². The van der Waals surface area contributed by atoms with Crippen LogP contribution in [0, 0.1) is 0 Å². The number of rotatable bonds is 3. The van der Waals surface area contributed by atoms with Crippen molar-refractivity contribution in [1.82, 2.24) is 20.4 Å². The molecule has 0 spiro atoms. The summed E-state index contributed by atoms with van der Waals surface area (Å²) < 4.78 is 5.29. The molecule has 1 aromatic heterocycles. The first-order chi connectivity index (χ1) is 9.11. The number of nitrogens with zero attached hydrogens (tertiary/aromatic N) is 4. The molecule has 0 bridgehead atoms. The fraction of sp³-hybridized carbons (Fsp3) is 0.750. The van der Waals surface area contributed by atoms with E-state index < -0.39 is 0 Å². The molecule has 1 aliphatic rings. The van der Waals surface area contributed by atoms with Gasteiger partial charge in [-0.15, -0.1) is 0 Å². The summed E-state index contributed by atoms with van der Waals surface area (Å²) in [4.78, 5) is 19.8. The monoisotopic (exact) mass is 267 g/mol. The molecular weight excluding hydrogens is 246 g/mol. The van der Waals surface area contributed by atoms with Gasteiger partial charge >= 0.3 is 6.03 Å². The van der Waals surface area contributed by atoms with Crippen molar-refractivity contribution in [3.8, 4) is 0 Å². The van der Waals surface area contributed by atoms with Crippen LogP contribution in [0.1, 0.15) is 31.6 Å².